The number of hydrogen-bond donors (Lipinski definition) is 0. The molecule has 5 heteroatoms. The fourth-order valence-corrected chi connectivity index (χ4v) is 4.02. The first kappa shape index (κ1) is 21.3. The van der Waals surface area contributed by atoms with Crippen LogP contribution >= 0.6 is 0 Å². The summed E-state index contributed by atoms with van der Waals surface area (Å²) >= 11 is 0. The zero-order chi connectivity index (χ0) is 21.6. The van der Waals surface area contributed by atoms with Crippen LogP contribution in [0.1, 0.15) is 53.8 Å². The third-order valence-electron chi connectivity index (χ3n) is 5.73. The topological polar surface area (TPSA) is 68.3 Å². The Labute approximate surface area is 183 Å². The monoisotopic (exact) mass is 416 g/mol. The van der Waals surface area contributed by atoms with Crippen LogP contribution in [-0.2, 0) is 22.7 Å². The summed E-state index contributed by atoms with van der Waals surface area (Å²) in [6.07, 6.45) is 4.51. The number of ether oxygens (including phenoxy) is 2. The van der Waals surface area contributed by atoms with Gasteiger partial charge in [-0.05, 0) is 63.3 Å². The molecule has 0 radical (unpaired) electrons. The molecule has 0 bridgehead atoms. The molecular weight excluding hydrogens is 388 g/mol. The van der Waals surface area contributed by atoms with Crippen molar-refractivity contribution >= 4 is 0 Å². The lowest BCUT2D eigenvalue weighted by Gasteiger charge is -2.29. The first-order valence-corrected chi connectivity index (χ1v) is 10.9. The molecule has 5 nitrogen and oxygen atoms in total. The molecular formula is C26H28N2O3. The van der Waals surface area contributed by atoms with Crippen LogP contribution in [0.15, 0.2) is 52.9 Å². The average Bonchev–Trinajstić information content (AvgIpc) is 3.17. The van der Waals surface area contributed by atoms with E-state index in [2.05, 4.69) is 42.2 Å². The second-order valence-electron chi connectivity index (χ2n) is 8.24. The Hall–Kier alpha value is -2.94. The lowest BCUT2D eigenvalue weighted by molar-refractivity contribution is -0.0562. The summed E-state index contributed by atoms with van der Waals surface area (Å²) in [4.78, 5) is 4.61. The van der Waals surface area contributed by atoms with Gasteiger partial charge >= 0.3 is 0 Å². The summed E-state index contributed by atoms with van der Waals surface area (Å²) < 4.78 is 18.2. The van der Waals surface area contributed by atoms with Crippen molar-refractivity contribution in [2.75, 3.05) is 0 Å². The first-order valence-electron chi connectivity index (χ1n) is 10.9. The van der Waals surface area contributed by atoms with Crippen molar-refractivity contribution in [1.29, 1.82) is 5.26 Å². The van der Waals surface area contributed by atoms with Gasteiger partial charge in [-0.1, -0.05) is 35.9 Å². The highest BCUT2D eigenvalue weighted by Gasteiger charge is 2.24. The number of benzene rings is 2. The van der Waals surface area contributed by atoms with Crippen molar-refractivity contribution in [1.82, 2.24) is 4.98 Å². The molecule has 1 aliphatic rings. The molecule has 2 aromatic carbocycles. The molecule has 0 aliphatic heterocycles. The Morgan fingerprint density at radius 3 is 2.58 bits per heavy atom. The minimum Gasteiger partial charge on any atom is -0.441 e. The molecule has 1 saturated carbocycles. The van der Waals surface area contributed by atoms with Crippen LogP contribution in [0.4, 0.5) is 0 Å². The largest absolute Gasteiger partial charge is 0.441 e. The maximum Gasteiger partial charge on any atom is 0.226 e. The molecule has 1 fully saturated rings. The van der Waals surface area contributed by atoms with E-state index < -0.39 is 0 Å². The third-order valence-corrected chi connectivity index (χ3v) is 5.73. The molecule has 4 rings (SSSR count). The minimum atomic E-state index is 0.165. The summed E-state index contributed by atoms with van der Waals surface area (Å²) in [6, 6.07) is 17.9. The van der Waals surface area contributed by atoms with Crippen molar-refractivity contribution < 1.29 is 13.9 Å². The van der Waals surface area contributed by atoms with Gasteiger partial charge in [0.1, 0.15) is 11.5 Å². The number of hydrogen-bond acceptors (Lipinski definition) is 5. The van der Waals surface area contributed by atoms with E-state index in [9.17, 15) is 0 Å². The normalized spacial score (nSPS) is 18.6. The van der Waals surface area contributed by atoms with Gasteiger partial charge in [0, 0.05) is 5.56 Å². The highest BCUT2D eigenvalue weighted by Crippen LogP contribution is 2.27. The summed E-state index contributed by atoms with van der Waals surface area (Å²) in [6.45, 7) is 5.07. The Bertz CT molecular complexity index is 1070. The number of nitrogens with zero attached hydrogens (tertiary/aromatic N) is 2. The van der Waals surface area contributed by atoms with Crippen LogP contribution < -0.4 is 0 Å². The van der Waals surface area contributed by atoms with Gasteiger partial charge in [-0.3, -0.25) is 0 Å². The highest BCUT2D eigenvalue weighted by molar-refractivity contribution is 5.56. The molecule has 160 valence electrons. The second-order valence-corrected chi connectivity index (χ2v) is 8.24. The van der Waals surface area contributed by atoms with E-state index in [4.69, 9.17) is 19.2 Å². The molecule has 0 N–H and O–H groups in total. The molecule has 2 atom stereocenters. The van der Waals surface area contributed by atoms with Crippen molar-refractivity contribution in [3.05, 3.63) is 76.7 Å². The lowest BCUT2D eigenvalue weighted by atomic mass is 9.95. The Kier molecular flexibility index (Phi) is 6.81. The van der Waals surface area contributed by atoms with E-state index in [1.807, 2.05) is 19.1 Å². The van der Waals surface area contributed by atoms with Gasteiger partial charge < -0.3 is 13.9 Å². The maximum absolute atomic E-state index is 9.10. The quantitative estimate of drug-likeness (QED) is 0.481. The molecule has 1 heterocycles. The number of nitriles is 1. The fourth-order valence-electron chi connectivity index (χ4n) is 4.02. The van der Waals surface area contributed by atoms with Crippen molar-refractivity contribution in [3.63, 3.8) is 0 Å². The summed E-state index contributed by atoms with van der Waals surface area (Å²) in [5.74, 6) is 1.27. The van der Waals surface area contributed by atoms with Gasteiger partial charge in [0.2, 0.25) is 5.89 Å². The molecule has 1 aromatic heterocycles. The predicted molar refractivity (Wildman–Crippen MR) is 118 cm³/mol. The molecule has 0 saturated heterocycles. The van der Waals surface area contributed by atoms with Gasteiger partial charge in [0.25, 0.3) is 0 Å². The van der Waals surface area contributed by atoms with Gasteiger partial charge in [-0.2, -0.15) is 5.26 Å². The SMILES string of the molecule is Cc1cccc(COC2CCCC(OCc3nc(-c4cccc(C#N)c4)oc3C)C2)c1. The minimum absolute atomic E-state index is 0.165. The molecule has 2 unspecified atom stereocenters. The van der Waals surface area contributed by atoms with Crippen LogP contribution in [0.2, 0.25) is 0 Å². The Balaban J connectivity index is 1.31. The average molecular weight is 417 g/mol. The maximum atomic E-state index is 9.10. The number of aryl methyl sites for hydroxylation is 2. The Morgan fingerprint density at radius 1 is 1.03 bits per heavy atom. The molecule has 1 aliphatic carbocycles. The molecule has 31 heavy (non-hydrogen) atoms. The van der Waals surface area contributed by atoms with E-state index in [0.29, 0.717) is 24.7 Å². The Morgan fingerprint density at radius 2 is 1.81 bits per heavy atom. The zero-order valence-corrected chi connectivity index (χ0v) is 18.1. The van der Waals surface area contributed by atoms with E-state index in [0.717, 1.165) is 42.7 Å². The highest BCUT2D eigenvalue weighted by atomic mass is 16.5. The van der Waals surface area contributed by atoms with Crippen LogP contribution in [0, 0.1) is 25.2 Å². The van der Waals surface area contributed by atoms with E-state index >= 15 is 0 Å². The third kappa shape index (κ3) is 5.61. The fraction of sp³-hybridized carbons (Fsp3) is 0.385. The molecule has 0 amide bonds. The smallest absolute Gasteiger partial charge is 0.226 e. The van der Waals surface area contributed by atoms with Crippen LogP contribution in [0.3, 0.4) is 0 Å². The summed E-state index contributed by atoms with van der Waals surface area (Å²) in [5, 5.41) is 9.10. The van der Waals surface area contributed by atoms with Gasteiger partial charge in [-0.25, -0.2) is 4.98 Å². The van der Waals surface area contributed by atoms with E-state index in [1.165, 1.54) is 11.1 Å². The van der Waals surface area contributed by atoms with Crippen LogP contribution in [-0.4, -0.2) is 17.2 Å². The van der Waals surface area contributed by atoms with Gasteiger partial charge in [0.15, 0.2) is 0 Å². The number of aromatic nitrogens is 1. The molecule has 0 spiro atoms. The van der Waals surface area contributed by atoms with Crippen molar-refractivity contribution in [2.24, 2.45) is 0 Å². The van der Waals surface area contributed by atoms with Crippen LogP contribution in [0.5, 0.6) is 0 Å². The van der Waals surface area contributed by atoms with E-state index in [-0.39, 0.29) is 12.2 Å². The number of oxazole rings is 1. The van der Waals surface area contributed by atoms with Gasteiger partial charge in [-0.15, -0.1) is 0 Å². The van der Waals surface area contributed by atoms with Crippen LogP contribution in [0.25, 0.3) is 11.5 Å². The predicted octanol–water partition coefficient (Wildman–Crippen LogP) is 5.87. The van der Waals surface area contributed by atoms with Crippen molar-refractivity contribution in [2.45, 2.75) is 65.0 Å². The number of rotatable bonds is 7. The van der Waals surface area contributed by atoms with E-state index in [1.54, 1.807) is 12.1 Å². The summed E-state index contributed by atoms with van der Waals surface area (Å²) in [5.41, 5.74) is 4.67. The van der Waals surface area contributed by atoms with Crippen molar-refractivity contribution in [3.8, 4) is 17.5 Å². The second kappa shape index (κ2) is 9.91. The molecule has 3 aromatic rings. The summed E-state index contributed by atoms with van der Waals surface area (Å²) in [7, 11) is 0. The first-order chi connectivity index (χ1) is 15.1. The standard InChI is InChI=1S/C26H28N2O3/c1-18-6-3-8-21(12-18)16-29-23-10-5-11-24(14-23)30-17-25-19(2)31-26(28-25)22-9-4-7-20(13-22)15-27/h3-4,6-9,12-13,23-24H,5,10-11,14,16-17H2,1-2H3. The zero-order valence-electron chi connectivity index (χ0n) is 18.1. The lowest BCUT2D eigenvalue weighted by Crippen LogP contribution is -2.28. The van der Waals surface area contributed by atoms with Gasteiger partial charge in [0.05, 0.1) is 37.1 Å².